The molecule has 1 aliphatic rings. The minimum absolute atomic E-state index is 0.698. The van der Waals surface area contributed by atoms with Crippen LogP contribution in [-0.2, 0) is 6.42 Å². The predicted molar refractivity (Wildman–Crippen MR) is 226 cm³/mol. The molecule has 0 radical (unpaired) electrons. The number of hydrogen-bond donors (Lipinski definition) is 0. The Bertz CT molecular complexity index is 3340. The third-order valence-electron chi connectivity index (χ3n) is 11.4. The van der Waals surface area contributed by atoms with Crippen molar-refractivity contribution in [1.29, 1.82) is 0 Å². The Morgan fingerprint density at radius 3 is 2.13 bits per heavy atom. The quantitative estimate of drug-likeness (QED) is 0.183. The van der Waals surface area contributed by atoms with E-state index in [2.05, 4.69) is 156 Å². The van der Waals surface area contributed by atoms with Gasteiger partial charge in [0, 0.05) is 33.0 Å². The smallest absolute Gasteiger partial charge is 0.180 e. The van der Waals surface area contributed by atoms with Crippen LogP contribution in [0, 0.1) is 0 Å². The van der Waals surface area contributed by atoms with Crippen molar-refractivity contribution >= 4 is 54.6 Å². The van der Waals surface area contributed by atoms with Gasteiger partial charge in [0.05, 0.1) is 11.0 Å². The van der Waals surface area contributed by atoms with E-state index in [-0.39, 0.29) is 0 Å². The molecule has 12 rings (SSSR count). The van der Waals surface area contributed by atoms with Gasteiger partial charge in [0.25, 0.3) is 0 Å². The van der Waals surface area contributed by atoms with Crippen molar-refractivity contribution in [2.24, 2.45) is 0 Å². The first-order chi connectivity index (χ1) is 27.3. The zero-order valence-electron chi connectivity index (χ0n) is 29.7. The van der Waals surface area contributed by atoms with Crippen LogP contribution in [0.25, 0.3) is 105 Å². The maximum Gasteiger partial charge on any atom is 0.180 e. The molecule has 0 fully saturated rings. The molecule has 8 aromatic carbocycles. The summed E-state index contributed by atoms with van der Waals surface area (Å²) in [7, 11) is 0. The molecular weight excluding hydrogens is 671 g/mol. The highest BCUT2D eigenvalue weighted by Crippen LogP contribution is 2.45. The highest BCUT2D eigenvalue weighted by molar-refractivity contribution is 6.21. The normalized spacial score (nSPS) is 12.3. The first-order valence-corrected chi connectivity index (χ1v) is 18.8. The summed E-state index contributed by atoms with van der Waals surface area (Å²) in [6, 6.07) is 62.7. The van der Waals surface area contributed by atoms with E-state index < -0.39 is 0 Å². The fraction of sp³-hybridized carbons (Fsp3) is 0.0196. The Labute approximate surface area is 316 Å². The van der Waals surface area contributed by atoms with Gasteiger partial charge in [0.1, 0.15) is 16.8 Å². The molecule has 256 valence electrons. The lowest BCUT2D eigenvalue weighted by atomic mass is 9.98. The van der Waals surface area contributed by atoms with E-state index in [0.29, 0.717) is 11.4 Å². The van der Waals surface area contributed by atoms with Crippen LogP contribution in [0.5, 0.6) is 0 Å². The van der Waals surface area contributed by atoms with Gasteiger partial charge in [-0.15, -0.1) is 0 Å². The molecule has 0 N–H and O–H groups in total. The number of hydrogen-bond acceptors (Lipinski definition) is 3. The maximum atomic E-state index is 6.50. The fourth-order valence-electron chi connectivity index (χ4n) is 8.94. The van der Waals surface area contributed by atoms with E-state index >= 15 is 0 Å². The number of aromatic nitrogens is 3. The summed E-state index contributed by atoms with van der Waals surface area (Å²) >= 11 is 0. The number of fused-ring (bicyclic) bond motifs is 11. The summed E-state index contributed by atoms with van der Waals surface area (Å²) in [5.41, 5.74) is 16.1. The van der Waals surface area contributed by atoms with Gasteiger partial charge in [0.2, 0.25) is 0 Å². The average molecular weight is 702 g/mol. The molecule has 1 aliphatic carbocycles. The van der Waals surface area contributed by atoms with Crippen molar-refractivity contribution in [2.45, 2.75) is 6.42 Å². The molecule has 3 heterocycles. The molecule has 0 saturated heterocycles. The van der Waals surface area contributed by atoms with E-state index in [9.17, 15) is 0 Å². The first kappa shape index (κ1) is 30.2. The summed E-state index contributed by atoms with van der Waals surface area (Å²) in [6.45, 7) is 0. The lowest BCUT2D eigenvalue weighted by molar-refractivity contribution is 0.667. The highest BCUT2D eigenvalue weighted by Gasteiger charge is 2.26. The molecule has 11 aromatic rings. The Balaban J connectivity index is 1.02. The van der Waals surface area contributed by atoms with Crippen molar-refractivity contribution in [3.63, 3.8) is 0 Å². The highest BCUT2D eigenvalue weighted by atomic mass is 16.3. The second kappa shape index (κ2) is 11.6. The van der Waals surface area contributed by atoms with Crippen LogP contribution in [0.15, 0.2) is 180 Å². The molecule has 0 amide bonds. The van der Waals surface area contributed by atoms with E-state index in [0.717, 1.165) is 45.3 Å². The monoisotopic (exact) mass is 701 g/mol. The van der Waals surface area contributed by atoms with E-state index in [1.807, 2.05) is 24.3 Å². The number of nitrogens with zero attached hydrogens (tertiary/aromatic N) is 3. The molecule has 0 unspecified atom stereocenters. The van der Waals surface area contributed by atoms with Crippen LogP contribution in [0.4, 0.5) is 0 Å². The molecule has 4 heteroatoms. The van der Waals surface area contributed by atoms with Crippen molar-refractivity contribution in [3.8, 4) is 50.6 Å². The van der Waals surface area contributed by atoms with Gasteiger partial charge in [-0.3, -0.25) is 0 Å². The molecule has 55 heavy (non-hydrogen) atoms. The van der Waals surface area contributed by atoms with Gasteiger partial charge >= 0.3 is 0 Å². The number of para-hydroxylation sites is 2. The summed E-state index contributed by atoms with van der Waals surface area (Å²) in [4.78, 5) is 10.6. The predicted octanol–water partition coefficient (Wildman–Crippen LogP) is 13.2. The SMILES string of the molecule is c1ccc(-c2ccc(-c3nc(-c4cccc5c4-c4ccc(-n6c7ccccc7c7c8ccccc8ccc76)cc4C5)nc4c3oc3ccccc34)cc2)cc1. The topological polar surface area (TPSA) is 43.9 Å². The summed E-state index contributed by atoms with van der Waals surface area (Å²) in [5, 5.41) is 6.09. The largest absolute Gasteiger partial charge is 0.452 e. The van der Waals surface area contributed by atoms with Crippen LogP contribution >= 0.6 is 0 Å². The van der Waals surface area contributed by atoms with Crippen molar-refractivity contribution in [3.05, 3.63) is 187 Å². The van der Waals surface area contributed by atoms with Crippen LogP contribution in [0.1, 0.15) is 11.1 Å². The molecule has 4 nitrogen and oxygen atoms in total. The summed E-state index contributed by atoms with van der Waals surface area (Å²) < 4.78 is 8.93. The number of rotatable bonds is 4. The molecule has 0 saturated carbocycles. The van der Waals surface area contributed by atoms with E-state index in [1.165, 1.54) is 66.1 Å². The minimum atomic E-state index is 0.698. The zero-order chi connectivity index (χ0) is 36.0. The molecule has 0 atom stereocenters. The lowest BCUT2D eigenvalue weighted by Gasteiger charge is -2.13. The summed E-state index contributed by atoms with van der Waals surface area (Å²) in [5.74, 6) is 0.698. The van der Waals surface area contributed by atoms with Gasteiger partial charge in [-0.05, 0) is 87.0 Å². The van der Waals surface area contributed by atoms with Gasteiger partial charge in [-0.1, -0.05) is 140 Å². The second-order valence-electron chi connectivity index (χ2n) is 14.5. The Hall–Kier alpha value is -7.30. The molecule has 0 aliphatic heterocycles. The third kappa shape index (κ3) is 4.52. The van der Waals surface area contributed by atoms with E-state index in [4.69, 9.17) is 14.4 Å². The second-order valence-corrected chi connectivity index (χ2v) is 14.5. The van der Waals surface area contributed by atoms with Crippen molar-refractivity contribution in [2.75, 3.05) is 0 Å². The van der Waals surface area contributed by atoms with Crippen LogP contribution < -0.4 is 0 Å². The summed E-state index contributed by atoms with van der Waals surface area (Å²) in [6.07, 6.45) is 0.844. The molecule has 0 bridgehead atoms. The number of benzene rings is 8. The van der Waals surface area contributed by atoms with E-state index in [1.54, 1.807) is 0 Å². The van der Waals surface area contributed by atoms with Crippen LogP contribution in [0.3, 0.4) is 0 Å². The van der Waals surface area contributed by atoms with Gasteiger partial charge in [0.15, 0.2) is 11.4 Å². The minimum Gasteiger partial charge on any atom is -0.452 e. The van der Waals surface area contributed by atoms with Gasteiger partial charge in [-0.2, -0.15) is 0 Å². The van der Waals surface area contributed by atoms with Crippen LogP contribution in [0.2, 0.25) is 0 Å². The van der Waals surface area contributed by atoms with Crippen molar-refractivity contribution < 1.29 is 4.42 Å². The standard InChI is InChI=1S/C51H31N3O/c1-2-11-31(12-3-1)32-21-23-34(24-22-32)48-50-49(41-17-7-9-20-45(41)55-50)53-51(52-48)42-18-10-14-35-29-36-30-37(26-27-39(36)46(35)42)54-43-19-8-6-16-40(43)47-38-15-5-4-13-33(38)25-28-44(47)54/h1-28,30H,29H2. The van der Waals surface area contributed by atoms with Gasteiger partial charge in [-0.25, -0.2) is 9.97 Å². The van der Waals surface area contributed by atoms with Crippen molar-refractivity contribution in [1.82, 2.24) is 14.5 Å². The molecular formula is C51H31N3O. The first-order valence-electron chi connectivity index (χ1n) is 18.8. The lowest BCUT2D eigenvalue weighted by Crippen LogP contribution is -1.96. The fourth-order valence-corrected chi connectivity index (χ4v) is 8.94. The maximum absolute atomic E-state index is 6.50. The Morgan fingerprint density at radius 1 is 0.491 bits per heavy atom. The zero-order valence-corrected chi connectivity index (χ0v) is 29.7. The van der Waals surface area contributed by atoms with Gasteiger partial charge < -0.3 is 8.98 Å². The number of furan rings is 1. The Kier molecular flexibility index (Phi) is 6.37. The molecule has 0 spiro atoms. The van der Waals surface area contributed by atoms with Crippen LogP contribution in [-0.4, -0.2) is 14.5 Å². The molecule has 3 aromatic heterocycles. The third-order valence-corrected chi connectivity index (χ3v) is 11.4. The average Bonchev–Trinajstić information content (AvgIpc) is 3.93. The Morgan fingerprint density at radius 2 is 1.24 bits per heavy atom.